The molecule has 0 bridgehead atoms. The minimum atomic E-state index is -0.248. The first-order valence-electron chi connectivity index (χ1n) is 3.79. The second-order valence-electron chi connectivity index (χ2n) is 2.40. The minimum absolute atomic E-state index is 0.0182. The molecule has 0 saturated heterocycles. The van der Waals surface area contributed by atoms with Crippen LogP contribution in [0.3, 0.4) is 0 Å². The number of amidine groups is 2. The number of oxime groups is 1. The molecule has 0 aliphatic carbocycles. The SMILES string of the molecule is N#CC(N)=N/C(=N/O)c1ccccc1. The Morgan fingerprint density at radius 1 is 1.36 bits per heavy atom. The first-order valence-corrected chi connectivity index (χ1v) is 3.79. The number of nitrogens with zero attached hydrogens (tertiary/aromatic N) is 3. The normalized spacial score (nSPS) is 12.2. The quantitative estimate of drug-likeness (QED) is 0.294. The average molecular weight is 188 g/mol. The summed E-state index contributed by atoms with van der Waals surface area (Å²) < 4.78 is 0. The Morgan fingerprint density at radius 2 is 2.00 bits per heavy atom. The molecule has 0 amide bonds. The molecule has 0 heterocycles. The van der Waals surface area contributed by atoms with E-state index in [-0.39, 0.29) is 11.7 Å². The smallest absolute Gasteiger partial charge is 0.205 e. The molecule has 0 unspecified atom stereocenters. The molecule has 1 rings (SSSR count). The van der Waals surface area contributed by atoms with Crippen molar-refractivity contribution in [2.75, 3.05) is 0 Å². The van der Waals surface area contributed by atoms with Crippen LogP contribution in [0.1, 0.15) is 5.56 Å². The van der Waals surface area contributed by atoms with Crippen LogP contribution in [0.5, 0.6) is 0 Å². The van der Waals surface area contributed by atoms with Crippen molar-refractivity contribution < 1.29 is 5.21 Å². The minimum Gasteiger partial charge on any atom is -0.409 e. The highest BCUT2D eigenvalue weighted by Gasteiger charge is 2.01. The van der Waals surface area contributed by atoms with Gasteiger partial charge in [-0.05, 0) is 0 Å². The molecule has 0 fully saturated rings. The van der Waals surface area contributed by atoms with Gasteiger partial charge in [-0.25, -0.2) is 0 Å². The van der Waals surface area contributed by atoms with Gasteiger partial charge in [0.25, 0.3) is 0 Å². The van der Waals surface area contributed by atoms with Crippen molar-refractivity contribution in [3.63, 3.8) is 0 Å². The van der Waals surface area contributed by atoms with Gasteiger partial charge in [0, 0.05) is 5.56 Å². The molecule has 5 nitrogen and oxygen atoms in total. The summed E-state index contributed by atoms with van der Waals surface area (Å²) in [5.74, 6) is -0.230. The Morgan fingerprint density at radius 3 is 2.50 bits per heavy atom. The van der Waals surface area contributed by atoms with Crippen LogP contribution in [-0.2, 0) is 0 Å². The third-order valence-corrected chi connectivity index (χ3v) is 1.47. The predicted octanol–water partition coefficient (Wildman–Crippen LogP) is 0.703. The van der Waals surface area contributed by atoms with Gasteiger partial charge in [-0.3, -0.25) is 0 Å². The number of nitrogens with two attached hydrogens (primary N) is 1. The van der Waals surface area contributed by atoms with Gasteiger partial charge in [-0.1, -0.05) is 35.5 Å². The number of aliphatic imine (C=N–C) groups is 1. The molecule has 14 heavy (non-hydrogen) atoms. The molecule has 5 heteroatoms. The summed E-state index contributed by atoms with van der Waals surface area (Å²) >= 11 is 0. The van der Waals surface area contributed by atoms with E-state index in [0.29, 0.717) is 5.56 Å². The Balaban J connectivity index is 3.03. The van der Waals surface area contributed by atoms with Crippen LogP contribution >= 0.6 is 0 Å². The van der Waals surface area contributed by atoms with Crippen LogP contribution in [0.4, 0.5) is 0 Å². The molecule has 0 atom stereocenters. The van der Waals surface area contributed by atoms with Gasteiger partial charge in [0.05, 0.1) is 0 Å². The van der Waals surface area contributed by atoms with E-state index in [1.807, 2.05) is 6.07 Å². The Bertz CT molecular complexity index is 403. The molecule has 3 N–H and O–H groups in total. The van der Waals surface area contributed by atoms with E-state index in [4.69, 9.17) is 16.2 Å². The van der Waals surface area contributed by atoms with Crippen molar-refractivity contribution in [2.24, 2.45) is 15.9 Å². The fraction of sp³-hybridized carbons (Fsp3) is 0. The summed E-state index contributed by atoms with van der Waals surface area (Å²) in [5.41, 5.74) is 5.77. The van der Waals surface area contributed by atoms with Gasteiger partial charge in [-0.15, -0.1) is 0 Å². The number of nitriles is 1. The summed E-state index contributed by atoms with van der Waals surface area (Å²) in [6.45, 7) is 0. The first-order chi connectivity index (χ1) is 6.77. The highest BCUT2D eigenvalue weighted by Crippen LogP contribution is 2.01. The number of hydrogen-bond acceptors (Lipinski definition) is 3. The summed E-state index contributed by atoms with van der Waals surface area (Å²) in [6.07, 6.45) is 0. The second-order valence-corrected chi connectivity index (χ2v) is 2.40. The van der Waals surface area contributed by atoms with Crippen LogP contribution in [-0.4, -0.2) is 16.9 Å². The maximum absolute atomic E-state index is 8.64. The average Bonchev–Trinajstić information content (AvgIpc) is 2.26. The van der Waals surface area contributed by atoms with E-state index in [9.17, 15) is 0 Å². The number of benzene rings is 1. The zero-order chi connectivity index (χ0) is 10.4. The largest absolute Gasteiger partial charge is 0.409 e. The van der Waals surface area contributed by atoms with Crippen LogP contribution in [0.25, 0.3) is 0 Å². The highest BCUT2D eigenvalue weighted by atomic mass is 16.4. The molecule has 0 radical (unpaired) electrons. The third kappa shape index (κ3) is 2.32. The second kappa shape index (κ2) is 4.62. The maximum atomic E-state index is 8.64. The fourth-order valence-electron chi connectivity index (χ4n) is 0.871. The number of rotatable bonds is 1. The standard InChI is InChI=1S/C9H8N4O/c10-6-8(11)12-9(13-14)7-4-2-1-3-5-7/h1-5,14H,(H2,11,12,13). The molecule has 0 spiro atoms. The Hall–Kier alpha value is -2.35. The van der Waals surface area contributed by atoms with E-state index in [1.165, 1.54) is 0 Å². The number of hydrogen-bond donors (Lipinski definition) is 2. The van der Waals surface area contributed by atoms with E-state index in [0.717, 1.165) is 0 Å². The molecule has 0 saturated carbocycles. The van der Waals surface area contributed by atoms with Gasteiger partial charge >= 0.3 is 0 Å². The van der Waals surface area contributed by atoms with Crippen molar-refractivity contribution in [1.29, 1.82) is 5.26 Å². The zero-order valence-electron chi connectivity index (χ0n) is 7.25. The Labute approximate surface area is 80.8 Å². The Kier molecular flexibility index (Phi) is 3.21. The van der Waals surface area contributed by atoms with Crippen molar-refractivity contribution >= 4 is 11.7 Å². The molecular formula is C9H8N4O. The van der Waals surface area contributed by atoms with Gasteiger partial charge in [-0.2, -0.15) is 10.3 Å². The van der Waals surface area contributed by atoms with Gasteiger partial charge < -0.3 is 10.9 Å². The molecule has 1 aromatic rings. The lowest BCUT2D eigenvalue weighted by atomic mass is 10.2. The van der Waals surface area contributed by atoms with Crippen LogP contribution in [0, 0.1) is 11.3 Å². The molecule has 1 aromatic carbocycles. The molecule has 0 aliphatic rings. The van der Waals surface area contributed by atoms with E-state index >= 15 is 0 Å². The predicted molar refractivity (Wildman–Crippen MR) is 52.0 cm³/mol. The van der Waals surface area contributed by atoms with Gasteiger partial charge in [0.1, 0.15) is 6.07 Å². The first kappa shape index (κ1) is 9.74. The highest BCUT2D eigenvalue weighted by molar-refractivity contribution is 6.09. The molecule has 0 aromatic heterocycles. The van der Waals surface area contributed by atoms with E-state index < -0.39 is 0 Å². The van der Waals surface area contributed by atoms with Crippen molar-refractivity contribution in [3.05, 3.63) is 35.9 Å². The van der Waals surface area contributed by atoms with E-state index in [2.05, 4.69) is 10.1 Å². The van der Waals surface area contributed by atoms with Crippen molar-refractivity contribution in [1.82, 2.24) is 0 Å². The lowest BCUT2D eigenvalue weighted by Gasteiger charge is -1.97. The molecule has 70 valence electrons. The van der Waals surface area contributed by atoms with Crippen LogP contribution in [0.2, 0.25) is 0 Å². The lowest BCUT2D eigenvalue weighted by molar-refractivity contribution is 0.318. The summed E-state index contributed by atoms with van der Waals surface area (Å²) in [5, 5.41) is 20.0. The van der Waals surface area contributed by atoms with E-state index in [1.54, 1.807) is 30.3 Å². The van der Waals surface area contributed by atoms with Crippen molar-refractivity contribution in [3.8, 4) is 6.07 Å². The van der Waals surface area contributed by atoms with Crippen LogP contribution in [0.15, 0.2) is 40.5 Å². The topological polar surface area (TPSA) is 94.8 Å². The fourth-order valence-corrected chi connectivity index (χ4v) is 0.871. The van der Waals surface area contributed by atoms with Crippen molar-refractivity contribution in [2.45, 2.75) is 0 Å². The summed E-state index contributed by atoms with van der Waals surface area (Å²) in [6, 6.07) is 10.4. The zero-order valence-corrected chi connectivity index (χ0v) is 7.25. The molecule has 0 aliphatic heterocycles. The summed E-state index contributed by atoms with van der Waals surface area (Å²) in [4.78, 5) is 3.62. The van der Waals surface area contributed by atoms with Gasteiger partial charge in [0.2, 0.25) is 11.7 Å². The van der Waals surface area contributed by atoms with Crippen LogP contribution < -0.4 is 5.73 Å². The molecular weight excluding hydrogens is 180 g/mol. The maximum Gasteiger partial charge on any atom is 0.205 e. The third-order valence-electron chi connectivity index (χ3n) is 1.47. The van der Waals surface area contributed by atoms with Gasteiger partial charge in [0.15, 0.2) is 0 Å². The summed E-state index contributed by atoms with van der Waals surface area (Å²) in [7, 11) is 0. The lowest BCUT2D eigenvalue weighted by Crippen LogP contribution is -2.12. The monoisotopic (exact) mass is 188 g/mol.